The summed E-state index contributed by atoms with van der Waals surface area (Å²) in [5, 5.41) is 5.58. The molecule has 0 bridgehead atoms. The summed E-state index contributed by atoms with van der Waals surface area (Å²) >= 11 is 3.15. The van der Waals surface area contributed by atoms with Gasteiger partial charge in [-0.05, 0) is 45.8 Å². The molecule has 2 rings (SSSR count). The van der Waals surface area contributed by atoms with Crippen LogP contribution in [0.4, 0.5) is 5.69 Å². The van der Waals surface area contributed by atoms with E-state index in [1.807, 2.05) is 38.1 Å². The summed E-state index contributed by atoms with van der Waals surface area (Å²) in [6.07, 6.45) is 0. The Morgan fingerprint density at radius 3 is 2.36 bits per heavy atom. The Labute approximate surface area is 137 Å². The molecule has 2 amide bonds. The minimum Gasteiger partial charge on any atom is -0.444 e. The topological polar surface area (TPSA) is 71.3 Å². The van der Waals surface area contributed by atoms with Gasteiger partial charge in [0.15, 0.2) is 10.4 Å². The highest BCUT2D eigenvalue weighted by Gasteiger charge is 2.10. The first-order valence-corrected chi connectivity index (χ1v) is 7.68. The van der Waals surface area contributed by atoms with Crippen LogP contribution in [0.25, 0.3) is 0 Å². The molecule has 0 aliphatic carbocycles. The molecular formula is C16H17BrN2O3. The van der Waals surface area contributed by atoms with Gasteiger partial charge < -0.3 is 15.1 Å². The molecule has 116 valence electrons. The zero-order chi connectivity index (χ0) is 16.1. The minimum atomic E-state index is -0.275. The van der Waals surface area contributed by atoms with Gasteiger partial charge in [0.25, 0.3) is 5.91 Å². The van der Waals surface area contributed by atoms with E-state index in [4.69, 9.17) is 4.42 Å². The van der Waals surface area contributed by atoms with Crippen molar-refractivity contribution < 1.29 is 14.0 Å². The summed E-state index contributed by atoms with van der Waals surface area (Å²) in [5.74, 6) is -0.105. The molecule has 0 saturated heterocycles. The minimum absolute atomic E-state index is 0.0237. The van der Waals surface area contributed by atoms with Gasteiger partial charge in [-0.2, -0.15) is 0 Å². The Kier molecular flexibility index (Phi) is 5.38. The first-order chi connectivity index (χ1) is 10.5. The summed E-state index contributed by atoms with van der Waals surface area (Å²) in [6.45, 7) is 4.06. The predicted molar refractivity (Wildman–Crippen MR) is 87.5 cm³/mol. The van der Waals surface area contributed by atoms with Crippen molar-refractivity contribution in [3.05, 3.63) is 52.4 Å². The second-order valence-corrected chi connectivity index (χ2v) is 5.91. The molecule has 6 heteroatoms. The molecule has 0 aliphatic heterocycles. The van der Waals surface area contributed by atoms with Crippen LogP contribution in [0.15, 0.2) is 45.5 Å². The SMILES string of the molecule is CC(C)C(=O)Nc1ccc(CNC(=O)c2ccc(Br)o2)cc1. The van der Waals surface area contributed by atoms with Gasteiger partial charge in [-0.15, -0.1) is 0 Å². The average molecular weight is 365 g/mol. The molecule has 0 aliphatic rings. The Morgan fingerprint density at radius 1 is 1.14 bits per heavy atom. The summed E-state index contributed by atoms with van der Waals surface area (Å²) in [7, 11) is 0. The molecule has 0 saturated carbocycles. The number of hydrogen-bond acceptors (Lipinski definition) is 3. The Bertz CT molecular complexity index is 662. The average Bonchev–Trinajstić information content (AvgIpc) is 2.92. The lowest BCUT2D eigenvalue weighted by Crippen LogP contribution is -2.22. The molecule has 22 heavy (non-hydrogen) atoms. The first-order valence-electron chi connectivity index (χ1n) is 6.89. The van der Waals surface area contributed by atoms with Crippen molar-refractivity contribution in [2.24, 2.45) is 5.92 Å². The van der Waals surface area contributed by atoms with Crippen molar-refractivity contribution >= 4 is 33.4 Å². The lowest BCUT2D eigenvalue weighted by Gasteiger charge is -2.09. The molecule has 2 N–H and O–H groups in total. The van der Waals surface area contributed by atoms with E-state index in [1.54, 1.807) is 12.1 Å². The van der Waals surface area contributed by atoms with Crippen LogP contribution in [0.1, 0.15) is 30.0 Å². The monoisotopic (exact) mass is 364 g/mol. The molecule has 2 aromatic rings. The number of anilines is 1. The Hall–Kier alpha value is -2.08. The van der Waals surface area contributed by atoms with Gasteiger partial charge in [0.1, 0.15) is 0 Å². The van der Waals surface area contributed by atoms with Gasteiger partial charge in [0.2, 0.25) is 5.91 Å². The fourth-order valence-electron chi connectivity index (χ4n) is 1.70. The maximum absolute atomic E-state index is 11.8. The van der Waals surface area contributed by atoms with Crippen LogP contribution >= 0.6 is 15.9 Å². The second-order valence-electron chi connectivity index (χ2n) is 5.13. The van der Waals surface area contributed by atoms with Crippen molar-refractivity contribution in [1.82, 2.24) is 5.32 Å². The molecule has 0 unspecified atom stereocenters. The molecule has 0 fully saturated rings. The lowest BCUT2D eigenvalue weighted by molar-refractivity contribution is -0.118. The van der Waals surface area contributed by atoms with Crippen LogP contribution in [0, 0.1) is 5.92 Å². The van der Waals surface area contributed by atoms with E-state index in [-0.39, 0.29) is 23.5 Å². The van der Waals surface area contributed by atoms with Crippen molar-refractivity contribution in [2.75, 3.05) is 5.32 Å². The third-order valence-corrected chi connectivity index (χ3v) is 3.42. The zero-order valence-electron chi connectivity index (χ0n) is 12.4. The van der Waals surface area contributed by atoms with Gasteiger partial charge in [0.05, 0.1) is 0 Å². The van der Waals surface area contributed by atoms with E-state index in [0.717, 1.165) is 11.3 Å². The lowest BCUT2D eigenvalue weighted by atomic mass is 10.1. The van der Waals surface area contributed by atoms with E-state index in [9.17, 15) is 9.59 Å². The van der Waals surface area contributed by atoms with Crippen LogP contribution in [0.3, 0.4) is 0 Å². The van der Waals surface area contributed by atoms with Crippen molar-refractivity contribution in [3.8, 4) is 0 Å². The third kappa shape index (κ3) is 4.46. The van der Waals surface area contributed by atoms with E-state index >= 15 is 0 Å². The molecule has 5 nitrogen and oxygen atoms in total. The van der Waals surface area contributed by atoms with Crippen molar-refractivity contribution in [1.29, 1.82) is 0 Å². The normalized spacial score (nSPS) is 10.5. The largest absolute Gasteiger partial charge is 0.444 e. The zero-order valence-corrected chi connectivity index (χ0v) is 13.9. The number of halogens is 1. The molecule has 1 aromatic heterocycles. The number of benzene rings is 1. The van der Waals surface area contributed by atoms with Crippen LogP contribution < -0.4 is 10.6 Å². The maximum atomic E-state index is 11.8. The van der Waals surface area contributed by atoms with Crippen molar-refractivity contribution in [2.45, 2.75) is 20.4 Å². The van der Waals surface area contributed by atoms with Crippen LogP contribution in [-0.4, -0.2) is 11.8 Å². The fraction of sp³-hybridized carbons (Fsp3) is 0.250. The van der Waals surface area contributed by atoms with Crippen LogP contribution in [0.5, 0.6) is 0 Å². The number of furan rings is 1. The number of carbonyl (C=O) groups is 2. The van der Waals surface area contributed by atoms with Gasteiger partial charge in [-0.3, -0.25) is 9.59 Å². The highest BCUT2D eigenvalue weighted by Crippen LogP contribution is 2.14. The third-order valence-electron chi connectivity index (χ3n) is 3.00. The van der Waals surface area contributed by atoms with E-state index in [1.165, 1.54) is 0 Å². The highest BCUT2D eigenvalue weighted by atomic mass is 79.9. The van der Waals surface area contributed by atoms with Gasteiger partial charge in [0, 0.05) is 18.2 Å². The molecular weight excluding hydrogens is 348 g/mol. The van der Waals surface area contributed by atoms with E-state index in [0.29, 0.717) is 11.2 Å². The smallest absolute Gasteiger partial charge is 0.287 e. The predicted octanol–water partition coefficient (Wildman–Crippen LogP) is 3.57. The van der Waals surface area contributed by atoms with E-state index < -0.39 is 0 Å². The molecule has 0 atom stereocenters. The summed E-state index contributed by atoms with van der Waals surface area (Å²) in [4.78, 5) is 23.4. The molecule has 1 aromatic carbocycles. The highest BCUT2D eigenvalue weighted by molar-refractivity contribution is 9.10. The molecule has 0 spiro atoms. The number of amides is 2. The molecule has 0 radical (unpaired) electrons. The van der Waals surface area contributed by atoms with Crippen LogP contribution in [0.2, 0.25) is 0 Å². The fourth-order valence-corrected chi connectivity index (χ4v) is 2.00. The van der Waals surface area contributed by atoms with Gasteiger partial charge in [-0.1, -0.05) is 26.0 Å². The summed E-state index contributed by atoms with van der Waals surface area (Å²) in [5.41, 5.74) is 1.67. The number of rotatable bonds is 5. The van der Waals surface area contributed by atoms with E-state index in [2.05, 4.69) is 26.6 Å². The first kappa shape index (κ1) is 16.3. The van der Waals surface area contributed by atoms with Crippen LogP contribution in [-0.2, 0) is 11.3 Å². The summed E-state index contributed by atoms with van der Waals surface area (Å²) in [6, 6.07) is 10.6. The number of carbonyl (C=O) groups excluding carboxylic acids is 2. The molecule has 1 heterocycles. The standard InChI is InChI=1S/C16H17BrN2O3/c1-10(2)15(20)19-12-5-3-11(4-6-12)9-18-16(21)13-7-8-14(17)22-13/h3-8,10H,9H2,1-2H3,(H,18,21)(H,19,20). The Balaban J connectivity index is 1.89. The van der Waals surface area contributed by atoms with Gasteiger partial charge >= 0.3 is 0 Å². The number of nitrogens with one attached hydrogen (secondary N) is 2. The van der Waals surface area contributed by atoms with Crippen molar-refractivity contribution in [3.63, 3.8) is 0 Å². The summed E-state index contributed by atoms with van der Waals surface area (Å²) < 4.78 is 5.69. The number of hydrogen-bond donors (Lipinski definition) is 2. The second kappa shape index (κ2) is 7.26. The quantitative estimate of drug-likeness (QED) is 0.851. The van der Waals surface area contributed by atoms with Gasteiger partial charge in [-0.25, -0.2) is 0 Å². The Morgan fingerprint density at radius 2 is 1.82 bits per heavy atom. The maximum Gasteiger partial charge on any atom is 0.287 e.